The van der Waals surface area contributed by atoms with Gasteiger partial charge in [-0.1, -0.05) is 0 Å². The van der Waals surface area contributed by atoms with E-state index in [1.54, 1.807) is 20.8 Å². The van der Waals surface area contributed by atoms with E-state index in [1.807, 2.05) is 0 Å². The van der Waals surface area contributed by atoms with Gasteiger partial charge in [0.1, 0.15) is 11.6 Å². The maximum absolute atomic E-state index is 13.4. The minimum Gasteiger partial charge on any atom is -0.481 e. The maximum Gasteiger partial charge on any atom is 0.309 e. The van der Waals surface area contributed by atoms with Gasteiger partial charge in [0.2, 0.25) is 5.91 Å². The largest absolute Gasteiger partial charge is 0.481 e. The number of carboxylic acids is 1. The van der Waals surface area contributed by atoms with Crippen molar-refractivity contribution in [2.24, 2.45) is 5.92 Å². The number of nitrogens with zero attached hydrogens (tertiary/aromatic N) is 1. The number of halogens is 2. The zero-order valence-corrected chi connectivity index (χ0v) is 12.1. The molecule has 2 atom stereocenters. The van der Waals surface area contributed by atoms with Crippen molar-refractivity contribution in [3.05, 3.63) is 35.4 Å². The van der Waals surface area contributed by atoms with Gasteiger partial charge in [-0.25, -0.2) is 8.78 Å². The van der Waals surface area contributed by atoms with Crippen LogP contribution in [-0.2, 0) is 9.59 Å². The Morgan fingerprint density at radius 3 is 2.19 bits per heavy atom. The van der Waals surface area contributed by atoms with Crippen LogP contribution in [0.15, 0.2) is 18.2 Å². The highest BCUT2D eigenvalue weighted by Gasteiger charge is 2.48. The molecule has 1 aromatic carbocycles. The molecule has 114 valence electrons. The van der Waals surface area contributed by atoms with E-state index in [1.165, 1.54) is 4.90 Å². The number of likely N-dealkylation sites (tertiary alicyclic amines) is 1. The van der Waals surface area contributed by atoms with Crippen LogP contribution in [0.4, 0.5) is 8.78 Å². The van der Waals surface area contributed by atoms with Crippen LogP contribution >= 0.6 is 0 Å². The van der Waals surface area contributed by atoms with Crippen molar-refractivity contribution in [3.8, 4) is 0 Å². The van der Waals surface area contributed by atoms with Crippen molar-refractivity contribution < 1.29 is 23.5 Å². The molecule has 1 aliphatic heterocycles. The van der Waals surface area contributed by atoms with Gasteiger partial charge in [0.15, 0.2) is 0 Å². The molecule has 0 saturated carbocycles. The van der Waals surface area contributed by atoms with Crippen LogP contribution in [0.3, 0.4) is 0 Å². The molecule has 1 aromatic rings. The van der Waals surface area contributed by atoms with Crippen LogP contribution < -0.4 is 0 Å². The van der Waals surface area contributed by atoms with Crippen LogP contribution in [0.25, 0.3) is 0 Å². The van der Waals surface area contributed by atoms with Crippen molar-refractivity contribution in [2.45, 2.75) is 38.8 Å². The zero-order chi connectivity index (χ0) is 15.9. The summed E-state index contributed by atoms with van der Waals surface area (Å²) in [5.74, 6) is -4.07. The monoisotopic (exact) mass is 297 g/mol. The second-order valence-corrected chi connectivity index (χ2v) is 6.23. The Balaban J connectivity index is 2.57. The van der Waals surface area contributed by atoms with E-state index < -0.39 is 35.1 Å². The molecule has 2 rings (SSSR count). The van der Waals surface area contributed by atoms with E-state index in [-0.39, 0.29) is 17.9 Å². The van der Waals surface area contributed by atoms with Gasteiger partial charge in [-0.3, -0.25) is 9.59 Å². The van der Waals surface area contributed by atoms with E-state index in [9.17, 15) is 23.5 Å². The predicted molar refractivity (Wildman–Crippen MR) is 71.4 cm³/mol. The van der Waals surface area contributed by atoms with E-state index >= 15 is 0 Å². The molecule has 0 aliphatic carbocycles. The molecule has 6 heteroatoms. The molecule has 1 amide bonds. The second-order valence-electron chi connectivity index (χ2n) is 6.23. The van der Waals surface area contributed by atoms with Crippen molar-refractivity contribution >= 4 is 11.9 Å². The van der Waals surface area contributed by atoms with Crippen molar-refractivity contribution in [1.29, 1.82) is 0 Å². The van der Waals surface area contributed by atoms with Crippen LogP contribution in [0.5, 0.6) is 0 Å². The Bertz CT molecular complexity index is 575. The van der Waals surface area contributed by atoms with Crippen molar-refractivity contribution in [3.63, 3.8) is 0 Å². The highest BCUT2D eigenvalue weighted by molar-refractivity contribution is 5.87. The van der Waals surface area contributed by atoms with E-state index in [0.717, 1.165) is 18.2 Å². The molecule has 0 radical (unpaired) electrons. The van der Waals surface area contributed by atoms with Crippen LogP contribution in [0.1, 0.15) is 38.8 Å². The lowest BCUT2D eigenvalue weighted by Gasteiger charge is -2.38. The summed E-state index contributed by atoms with van der Waals surface area (Å²) in [6, 6.07) is 2.01. The van der Waals surface area contributed by atoms with Crippen LogP contribution in [0.2, 0.25) is 0 Å². The molecular weight excluding hydrogens is 280 g/mol. The van der Waals surface area contributed by atoms with Gasteiger partial charge >= 0.3 is 5.97 Å². The van der Waals surface area contributed by atoms with Gasteiger partial charge in [-0.2, -0.15) is 0 Å². The predicted octanol–water partition coefficient (Wildman–Crippen LogP) is 2.74. The fourth-order valence-electron chi connectivity index (χ4n) is 2.87. The lowest BCUT2D eigenvalue weighted by atomic mass is 9.91. The number of carboxylic acid groups (broad SMARTS) is 1. The SMILES string of the molecule is CC(C)(C)N1C(=O)CC(C(=O)O)C1c1cc(F)cc(F)c1. The smallest absolute Gasteiger partial charge is 0.309 e. The summed E-state index contributed by atoms with van der Waals surface area (Å²) in [5.41, 5.74) is -0.477. The van der Waals surface area contributed by atoms with Crippen molar-refractivity contribution in [2.75, 3.05) is 0 Å². The fourth-order valence-corrected chi connectivity index (χ4v) is 2.87. The Hall–Kier alpha value is -1.98. The standard InChI is InChI=1S/C15H17F2NO3/c1-15(2,3)18-12(19)7-11(14(20)21)13(18)8-4-9(16)6-10(17)5-8/h4-6,11,13H,7H2,1-3H3,(H,20,21). The molecule has 2 unspecified atom stereocenters. The quantitative estimate of drug-likeness (QED) is 0.913. The summed E-state index contributed by atoms with van der Waals surface area (Å²) in [5, 5.41) is 9.32. The summed E-state index contributed by atoms with van der Waals surface area (Å²) in [7, 11) is 0. The molecule has 1 fully saturated rings. The summed E-state index contributed by atoms with van der Waals surface area (Å²) in [6.07, 6.45) is -0.171. The first-order valence-corrected chi connectivity index (χ1v) is 6.62. The number of carbonyl (C=O) groups is 2. The molecular formula is C15H17F2NO3. The summed E-state index contributed by atoms with van der Waals surface area (Å²) in [6.45, 7) is 5.29. The maximum atomic E-state index is 13.4. The van der Waals surface area contributed by atoms with Gasteiger partial charge in [-0.05, 0) is 38.5 Å². The minimum absolute atomic E-state index is 0.167. The first-order valence-electron chi connectivity index (χ1n) is 6.62. The first kappa shape index (κ1) is 15.4. The third kappa shape index (κ3) is 2.89. The molecule has 1 aliphatic rings. The molecule has 0 spiro atoms. The number of hydrogen-bond acceptors (Lipinski definition) is 2. The average Bonchev–Trinajstić information content (AvgIpc) is 2.65. The van der Waals surface area contributed by atoms with Gasteiger partial charge in [0.05, 0.1) is 12.0 Å². The molecule has 0 bridgehead atoms. The third-order valence-corrected chi connectivity index (χ3v) is 3.59. The number of rotatable bonds is 2. The summed E-state index contributed by atoms with van der Waals surface area (Å²) in [4.78, 5) is 25.0. The van der Waals surface area contributed by atoms with Crippen LogP contribution in [0, 0.1) is 17.6 Å². The molecule has 0 aromatic heterocycles. The number of aliphatic carboxylic acids is 1. The molecule has 1 heterocycles. The third-order valence-electron chi connectivity index (χ3n) is 3.59. The van der Waals surface area contributed by atoms with Gasteiger partial charge in [0.25, 0.3) is 0 Å². The average molecular weight is 297 g/mol. The number of hydrogen-bond donors (Lipinski definition) is 1. The lowest BCUT2D eigenvalue weighted by molar-refractivity contribution is -0.142. The second kappa shape index (κ2) is 5.09. The number of amides is 1. The Kier molecular flexibility index (Phi) is 3.74. The summed E-state index contributed by atoms with van der Waals surface area (Å²) >= 11 is 0. The first-order chi connectivity index (χ1) is 9.61. The van der Waals surface area contributed by atoms with E-state index in [0.29, 0.717) is 0 Å². The molecule has 1 saturated heterocycles. The van der Waals surface area contributed by atoms with E-state index in [2.05, 4.69) is 0 Å². The molecule has 4 nitrogen and oxygen atoms in total. The topological polar surface area (TPSA) is 57.6 Å². The highest BCUT2D eigenvalue weighted by Crippen LogP contribution is 2.42. The molecule has 1 N–H and O–H groups in total. The van der Waals surface area contributed by atoms with Gasteiger partial charge in [-0.15, -0.1) is 0 Å². The Morgan fingerprint density at radius 2 is 1.76 bits per heavy atom. The van der Waals surface area contributed by atoms with E-state index in [4.69, 9.17) is 0 Å². The van der Waals surface area contributed by atoms with Gasteiger partial charge in [0, 0.05) is 18.0 Å². The zero-order valence-electron chi connectivity index (χ0n) is 12.1. The van der Waals surface area contributed by atoms with Crippen LogP contribution in [-0.4, -0.2) is 27.4 Å². The summed E-state index contributed by atoms with van der Waals surface area (Å²) < 4.78 is 26.9. The lowest BCUT2D eigenvalue weighted by Crippen LogP contribution is -2.44. The fraction of sp³-hybridized carbons (Fsp3) is 0.467. The minimum atomic E-state index is -1.15. The van der Waals surface area contributed by atoms with Crippen molar-refractivity contribution in [1.82, 2.24) is 4.90 Å². The Labute approximate surface area is 121 Å². The van der Waals surface area contributed by atoms with Gasteiger partial charge < -0.3 is 10.0 Å². The normalized spacial score (nSPS) is 22.7. The highest BCUT2D eigenvalue weighted by atomic mass is 19.1. The number of benzene rings is 1. The number of carbonyl (C=O) groups excluding carboxylic acids is 1. The molecule has 21 heavy (non-hydrogen) atoms. The Morgan fingerprint density at radius 1 is 1.24 bits per heavy atom.